The summed E-state index contributed by atoms with van der Waals surface area (Å²) in [6.45, 7) is 9.43. The fourth-order valence-corrected chi connectivity index (χ4v) is 4.48. The van der Waals surface area contributed by atoms with Crippen LogP contribution in [0, 0.1) is 6.92 Å². The van der Waals surface area contributed by atoms with Gasteiger partial charge in [-0.2, -0.15) is 11.8 Å². The van der Waals surface area contributed by atoms with Crippen LogP contribution >= 0.6 is 11.8 Å². The Morgan fingerprint density at radius 3 is 2.29 bits per heavy atom. The molecule has 0 saturated heterocycles. The molecule has 2 aromatic carbocycles. The predicted octanol–water partition coefficient (Wildman–Crippen LogP) is 6.00. The summed E-state index contributed by atoms with van der Waals surface area (Å²) in [5.74, 6) is -0.669. The number of hydrogen-bond donors (Lipinski definition) is 2. The van der Waals surface area contributed by atoms with Crippen molar-refractivity contribution in [3.05, 3.63) is 59.2 Å². The van der Waals surface area contributed by atoms with Gasteiger partial charge in [-0.15, -0.1) is 0 Å². The second-order valence-electron chi connectivity index (χ2n) is 8.82. The van der Waals surface area contributed by atoms with E-state index >= 15 is 0 Å². The topological polar surface area (TPSA) is 69.6 Å². The lowest BCUT2D eigenvalue weighted by Gasteiger charge is -2.23. The standard InChI is InChI=1S/C28H40N2O3S/c1-5-7-16-30(17-8-6-2)20-22-13-14-24(25(19-22)23-12-10-9-11-21(23)3)27(31)29-26(28(32)33)15-18-34-4/h9-14,19,26H,5-8,15-18,20H2,1-4H3,(H,29,31)(H,32,33)/t26-/m0/s1. The summed E-state index contributed by atoms with van der Waals surface area (Å²) in [5, 5.41) is 12.3. The van der Waals surface area contributed by atoms with E-state index in [0.717, 1.165) is 49.2 Å². The summed E-state index contributed by atoms with van der Waals surface area (Å²) in [5.41, 5.74) is 4.62. The highest BCUT2D eigenvalue weighted by Gasteiger charge is 2.23. The summed E-state index contributed by atoms with van der Waals surface area (Å²) in [7, 11) is 0. The van der Waals surface area contributed by atoms with Gasteiger partial charge in [0, 0.05) is 12.1 Å². The van der Waals surface area contributed by atoms with Crippen LogP contribution in [0.3, 0.4) is 0 Å². The zero-order chi connectivity index (χ0) is 24.9. The van der Waals surface area contributed by atoms with Crippen LogP contribution in [0.2, 0.25) is 0 Å². The quantitative estimate of drug-likeness (QED) is 0.324. The van der Waals surface area contributed by atoms with E-state index in [4.69, 9.17) is 0 Å². The number of nitrogens with zero attached hydrogens (tertiary/aromatic N) is 1. The van der Waals surface area contributed by atoms with Gasteiger partial charge in [0.2, 0.25) is 0 Å². The second kappa shape index (κ2) is 14.8. The maximum atomic E-state index is 13.3. The number of carboxylic acid groups (broad SMARTS) is 1. The highest BCUT2D eigenvalue weighted by molar-refractivity contribution is 7.98. The van der Waals surface area contributed by atoms with E-state index in [1.54, 1.807) is 11.8 Å². The Labute approximate surface area is 209 Å². The molecule has 0 aliphatic heterocycles. The molecule has 0 radical (unpaired) electrons. The molecule has 5 nitrogen and oxygen atoms in total. The van der Waals surface area contributed by atoms with Crippen molar-refractivity contribution in [1.82, 2.24) is 10.2 Å². The van der Waals surface area contributed by atoms with Crippen LogP contribution in [0.15, 0.2) is 42.5 Å². The first-order valence-electron chi connectivity index (χ1n) is 12.3. The van der Waals surface area contributed by atoms with E-state index in [9.17, 15) is 14.7 Å². The smallest absolute Gasteiger partial charge is 0.326 e. The van der Waals surface area contributed by atoms with E-state index < -0.39 is 12.0 Å². The first-order valence-corrected chi connectivity index (χ1v) is 13.7. The van der Waals surface area contributed by atoms with Gasteiger partial charge in [-0.1, -0.05) is 57.0 Å². The Bertz CT molecular complexity index is 924. The van der Waals surface area contributed by atoms with Crippen LogP contribution in [0.1, 0.15) is 67.4 Å². The summed E-state index contributed by atoms with van der Waals surface area (Å²) in [4.78, 5) is 27.4. The normalized spacial score (nSPS) is 12.0. The summed E-state index contributed by atoms with van der Waals surface area (Å²) in [6.07, 6.45) is 6.99. The Morgan fingerprint density at radius 1 is 1.03 bits per heavy atom. The number of amides is 1. The van der Waals surface area contributed by atoms with Crippen LogP contribution in [0.4, 0.5) is 0 Å². The molecule has 1 atom stereocenters. The number of aryl methyl sites for hydroxylation is 1. The number of carbonyl (C=O) groups is 2. The molecule has 0 aromatic heterocycles. The van der Waals surface area contributed by atoms with Gasteiger partial charge in [-0.05, 0) is 85.7 Å². The molecule has 0 bridgehead atoms. The number of benzene rings is 2. The highest BCUT2D eigenvalue weighted by Crippen LogP contribution is 2.29. The van der Waals surface area contributed by atoms with Gasteiger partial charge in [0.05, 0.1) is 0 Å². The fraction of sp³-hybridized carbons (Fsp3) is 0.500. The number of rotatable bonds is 15. The number of aliphatic carboxylic acids is 1. The van der Waals surface area contributed by atoms with Crippen molar-refractivity contribution in [2.75, 3.05) is 25.1 Å². The van der Waals surface area contributed by atoms with E-state index in [0.29, 0.717) is 17.7 Å². The molecule has 2 N–H and O–H groups in total. The highest BCUT2D eigenvalue weighted by atomic mass is 32.2. The molecule has 0 unspecified atom stereocenters. The maximum Gasteiger partial charge on any atom is 0.326 e. The van der Waals surface area contributed by atoms with E-state index in [1.165, 1.54) is 18.4 Å². The third-order valence-corrected chi connectivity index (χ3v) is 6.68. The molecule has 34 heavy (non-hydrogen) atoms. The van der Waals surface area contributed by atoms with Crippen molar-refractivity contribution in [3.63, 3.8) is 0 Å². The zero-order valence-corrected chi connectivity index (χ0v) is 21.9. The molecule has 0 fully saturated rings. The minimum absolute atomic E-state index is 0.341. The Hall–Kier alpha value is -2.31. The lowest BCUT2D eigenvalue weighted by molar-refractivity contribution is -0.139. The number of carboxylic acids is 1. The van der Waals surface area contributed by atoms with Crippen molar-refractivity contribution in [2.24, 2.45) is 0 Å². The maximum absolute atomic E-state index is 13.3. The van der Waals surface area contributed by atoms with Crippen LogP contribution in [0.5, 0.6) is 0 Å². The van der Waals surface area contributed by atoms with Gasteiger partial charge in [0.25, 0.3) is 5.91 Å². The van der Waals surface area contributed by atoms with Crippen LogP contribution in [-0.2, 0) is 11.3 Å². The summed E-state index contributed by atoms with van der Waals surface area (Å²) < 4.78 is 0. The lowest BCUT2D eigenvalue weighted by Crippen LogP contribution is -2.41. The van der Waals surface area contributed by atoms with Gasteiger partial charge in [-0.3, -0.25) is 9.69 Å². The Kier molecular flexibility index (Phi) is 12.2. The van der Waals surface area contributed by atoms with Gasteiger partial charge in [-0.25, -0.2) is 4.79 Å². The molecule has 2 rings (SSSR count). The molecule has 1 amide bonds. The van der Waals surface area contributed by atoms with Crippen molar-refractivity contribution in [1.29, 1.82) is 0 Å². The van der Waals surface area contributed by atoms with E-state index in [-0.39, 0.29) is 5.91 Å². The van der Waals surface area contributed by atoms with E-state index in [2.05, 4.69) is 30.1 Å². The molecular weight excluding hydrogens is 444 g/mol. The number of thioether (sulfide) groups is 1. The van der Waals surface area contributed by atoms with Crippen molar-refractivity contribution in [3.8, 4) is 11.1 Å². The number of hydrogen-bond acceptors (Lipinski definition) is 4. The molecule has 0 aliphatic rings. The third kappa shape index (κ3) is 8.48. The minimum Gasteiger partial charge on any atom is -0.480 e. The molecule has 0 heterocycles. The molecule has 6 heteroatoms. The summed E-state index contributed by atoms with van der Waals surface area (Å²) in [6, 6.07) is 13.1. The van der Waals surface area contributed by atoms with Crippen LogP contribution in [-0.4, -0.2) is 53.0 Å². The number of nitrogens with one attached hydrogen (secondary N) is 1. The average Bonchev–Trinajstić information content (AvgIpc) is 2.83. The van der Waals surface area contributed by atoms with Gasteiger partial charge in [0.15, 0.2) is 0 Å². The molecule has 186 valence electrons. The van der Waals surface area contributed by atoms with Crippen molar-refractivity contribution >= 4 is 23.6 Å². The monoisotopic (exact) mass is 484 g/mol. The molecule has 0 aliphatic carbocycles. The Balaban J connectivity index is 2.40. The summed E-state index contributed by atoms with van der Waals surface area (Å²) >= 11 is 1.57. The van der Waals surface area contributed by atoms with Gasteiger partial charge >= 0.3 is 5.97 Å². The SMILES string of the molecule is CCCCN(CCCC)Cc1ccc(C(=O)N[C@@H](CCSC)C(=O)O)c(-c2ccccc2C)c1. The zero-order valence-electron chi connectivity index (χ0n) is 21.1. The van der Waals surface area contributed by atoms with E-state index in [1.807, 2.05) is 49.6 Å². The molecule has 2 aromatic rings. The third-order valence-electron chi connectivity index (χ3n) is 6.04. The second-order valence-corrected chi connectivity index (χ2v) is 9.81. The number of unbranched alkanes of at least 4 members (excludes halogenated alkanes) is 2. The van der Waals surface area contributed by atoms with Crippen molar-refractivity contribution < 1.29 is 14.7 Å². The lowest BCUT2D eigenvalue weighted by atomic mass is 9.93. The van der Waals surface area contributed by atoms with Crippen molar-refractivity contribution in [2.45, 2.75) is 65.5 Å². The fourth-order valence-electron chi connectivity index (χ4n) is 4.01. The van der Waals surface area contributed by atoms with Gasteiger partial charge in [0.1, 0.15) is 6.04 Å². The minimum atomic E-state index is -1.00. The first-order chi connectivity index (χ1) is 16.4. The van der Waals surface area contributed by atoms with Gasteiger partial charge < -0.3 is 10.4 Å². The Morgan fingerprint density at radius 2 is 1.71 bits per heavy atom. The first kappa shape index (κ1) is 27.9. The molecule has 0 saturated carbocycles. The molecule has 0 spiro atoms. The number of carbonyl (C=O) groups excluding carboxylic acids is 1. The largest absolute Gasteiger partial charge is 0.480 e. The van der Waals surface area contributed by atoms with Crippen LogP contribution < -0.4 is 5.32 Å². The predicted molar refractivity (Wildman–Crippen MR) is 144 cm³/mol. The average molecular weight is 485 g/mol. The molecular formula is C28H40N2O3S. The van der Waals surface area contributed by atoms with Crippen LogP contribution in [0.25, 0.3) is 11.1 Å².